The highest BCUT2D eigenvalue weighted by atomic mass is 79.9. The number of nitrogens with zero attached hydrogens (tertiary/aromatic N) is 1. The molecule has 0 bridgehead atoms. The van der Waals surface area contributed by atoms with Crippen molar-refractivity contribution in [2.24, 2.45) is 0 Å². The second-order valence-corrected chi connectivity index (χ2v) is 6.67. The molecular weight excluding hydrogens is 348 g/mol. The highest BCUT2D eigenvalue weighted by Crippen LogP contribution is 2.20. The number of nitrogens with one attached hydrogen (secondary N) is 1. The second kappa shape index (κ2) is 6.36. The largest absolute Gasteiger partial charge is 0.478 e. The van der Waals surface area contributed by atoms with E-state index in [1.54, 1.807) is 17.0 Å². The number of carbonyl (C=O) groups is 2. The van der Waals surface area contributed by atoms with Crippen LogP contribution in [0.15, 0.2) is 27.6 Å². The highest BCUT2D eigenvalue weighted by molar-refractivity contribution is 9.10. The zero-order chi connectivity index (χ0) is 14.7. The fraction of sp³-hybridized carbons (Fsp3) is 0.333. The van der Waals surface area contributed by atoms with E-state index in [0.717, 1.165) is 0 Å². The Kier molecular flexibility index (Phi) is 4.77. The Morgan fingerprint density at radius 1 is 1.50 bits per heavy atom. The number of aromatic carboxylic acids is 1. The normalized spacial score (nSPS) is 16.1. The monoisotopic (exact) mass is 360 g/mol. The van der Waals surface area contributed by atoms with Gasteiger partial charge in [-0.1, -0.05) is 15.9 Å². The molecule has 0 aliphatic carbocycles. The zero-order valence-corrected chi connectivity index (χ0v) is 12.9. The average molecular weight is 361 g/mol. The maximum Gasteiger partial charge on any atom is 0.336 e. The minimum Gasteiger partial charge on any atom is -0.478 e. The standard InChI is InChI=1S/C12H13BrN2O4S/c13-8-1-2-9(11(16)17)10(7-8)20(19)6-5-15-4-3-14-12(15)18/h1-2,7H,3-6H2,(H,14,18)(H,16,17). The lowest BCUT2D eigenvalue weighted by Gasteiger charge is -2.14. The van der Waals surface area contributed by atoms with Crippen LogP contribution in [0.1, 0.15) is 10.4 Å². The zero-order valence-electron chi connectivity index (χ0n) is 10.5. The Balaban J connectivity index is 2.10. The van der Waals surface area contributed by atoms with Gasteiger partial charge in [-0.2, -0.15) is 0 Å². The van der Waals surface area contributed by atoms with Crippen LogP contribution in [0.25, 0.3) is 0 Å². The van der Waals surface area contributed by atoms with Gasteiger partial charge >= 0.3 is 12.0 Å². The summed E-state index contributed by atoms with van der Waals surface area (Å²) in [5.41, 5.74) is 0.0254. The van der Waals surface area contributed by atoms with Gasteiger partial charge in [0.25, 0.3) is 0 Å². The third-order valence-corrected chi connectivity index (χ3v) is 4.79. The second-order valence-electron chi connectivity index (χ2n) is 4.21. The minimum atomic E-state index is -1.47. The van der Waals surface area contributed by atoms with Crippen molar-refractivity contribution in [3.63, 3.8) is 0 Å². The van der Waals surface area contributed by atoms with Crippen molar-refractivity contribution in [3.05, 3.63) is 28.2 Å². The van der Waals surface area contributed by atoms with Crippen LogP contribution in [-0.4, -0.2) is 51.6 Å². The van der Waals surface area contributed by atoms with E-state index in [1.807, 2.05) is 0 Å². The molecule has 1 heterocycles. The lowest BCUT2D eigenvalue weighted by atomic mass is 10.2. The van der Waals surface area contributed by atoms with E-state index in [0.29, 0.717) is 24.1 Å². The molecular formula is C12H13BrN2O4S. The summed E-state index contributed by atoms with van der Waals surface area (Å²) in [5.74, 6) is -0.899. The average Bonchev–Trinajstić information content (AvgIpc) is 2.81. The topological polar surface area (TPSA) is 86.7 Å². The third-order valence-electron chi connectivity index (χ3n) is 2.91. The lowest BCUT2D eigenvalue weighted by Crippen LogP contribution is -2.31. The molecule has 1 atom stereocenters. The number of carboxylic acid groups (broad SMARTS) is 1. The maximum absolute atomic E-state index is 12.3. The molecule has 2 N–H and O–H groups in total. The molecule has 1 unspecified atom stereocenters. The van der Waals surface area contributed by atoms with E-state index in [4.69, 9.17) is 5.11 Å². The van der Waals surface area contributed by atoms with E-state index in [1.165, 1.54) is 6.07 Å². The fourth-order valence-corrected chi connectivity index (χ4v) is 3.67. The van der Waals surface area contributed by atoms with E-state index >= 15 is 0 Å². The smallest absolute Gasteiger partial charge is 0.336 e. The molecule has 8 heteroatoms. The van der Waals surface area contributed by atoms with Crippen molar-refractivity contribution in [3.8, 4) is 0 Å². The van der Waals surface area contributed by atoms with Crippen molar-refractivity contribution >= 4 is 38.7 Å². The van der Waals surface area contributed by atoms with Crippen LogP contribution in [0, 0.1) is 0 Å². The van der Waals surface area contributed by atoms with Gasteiger partial charge in [-0.25, -0.2) is 9.59 Å². The van der Waals surface area contributed by atoms with Crippen molar-refractivity contribution < 1.29 is 18.9 Å². The van der Waals surface area contributed by atoms with Crippen LogP contribution >= 0.6 is 15.9 Å². The molecule has 1 aromatic rings. The SMILES string of the molecule is O=C(O)c1ccc(Br)cc1S(=O)CCN1CCNC1=O. The highest BCUT2D eigenvalue weighted by Gasteiger charge is 2.21. The molecule has 1 aliphatic rings. The number of urea groups is 1. The van der Waals surface area contributed by atoms with E-state index in [-0.39, 0.29) is 22.2 Å². The summed E-state index contributed by atoms with van der Waals surface area (Å²) >= 11 is 3.24. The van der Waals surface area contributed by atoms with Crippen LogP contribution in [-0.2, 0) is 10.8 Å². The van der Waals surface area contributed by atoms with Crippen molar-refractivity contribution in [2.75, 3.05) is 25.4 Å². The van der Waals surface area contributed by atoms with Crippen LogP contribution < -0.4 is 5.32 Å². The Morgan fingerprint density at radius 2 is 2.25 bits per heavy atom. The number of hydrogen-bond acceptors (Lipinski definition) is 3. The van der Waals surface area contributed by atoms with Crippen LogP contribution in [0.3, 0.4) is 0 Å². The summed E-state index contributed by atoms with van der Waals surface area (Å²) in [4.78, 5) is 24.3. The van der Waals surface area contributed by atoms with Gasteiger partial charge < -0.3 is 15.3 Å². The van der Waals surface area contributed by atoms with Crippen LogP contribution in [0.5, 0.6) is 0 Å². The molecule has 0 aromatic heterocycles. The number of halogens is 1. The number of carboxylic acids is 1. The molecule has 1 fully saturated rings. The van der Waals surface area contributed by atoms with Gasteiger partial charge in [0.2, 0.25) is 0 Å². The molecule has 2 amide bonds. The van der Waals surface area contributed by atoms with E-state index in [9.17, 15) is 13.8 Å². The Hall–Kier alpha value is -1.41. The summed E-state index contributed by atoms with van der Waals surface area (Å²) in [6.45, 7) is 1.51. The van der Waals surface area contributed by atoms with Gasteiger partial charge in [0, 0.05) is 29.9 Å². The molecule has 20 heavy (non-hydrogen) atoms. The molecule has 2 rings (SSSR count). The van der Waals surface area contributed by atoms with Crippen LogP contribution in [0.4, 0.5) is 4.79 Å². The number of benzene rings is 1. The van der Waals surface area contributed by atoms with E-state index in [2.05, 4.69) is 21.2 Å². The molecule has 1 saturated heterocycles. The minimum absolute atomic E-state index is 0.0254. The first-order chi connectivity index (χ1) is 9.49. The first-order valence-electron chi connectivity index (χ1n) is 5.93. The van der Waals surface area contributed by atoms with Crippen molar-refractivity contribution in [2.45, 2.75) is 4.90 Å². The predicted molar refractivity (Wildman–Crippen MR) is 77.3 cm³/mol. The summed E-state index contributed by atoms with van der Waals surface area (Å²) in [6, 6.07) is 4.39. The van der Waals surface area contributed by atoms with Crippen molar-refractivity contribution in [1.29, 1.82) is 0 Å². The summed E-state index contributed by atoms with van der Waals surface area (Å²) in [7, 11) is -1.47. The fourth-order valence-electron chi connectivity index (χ4n) is 1.89. The molecule has 0 radical (unpaired) electrons. The Labute approximate surface area is 126 Å². The molecule has 1 aromatic carbocycles. The lowest BCUT2D eigenvalue weighted by molar-refractivity contribution is 0.0693. The molecule has 1 aliphatic heterocycles. The van der Waals surface area contributed by atoms with Gasteiger partial charge in [0.15, 0.2) is 0 Å². The first kappa shape index (κ1) is 15.0. The summed E-state index contributed by atoms with van der Waals surface area (Å²) < 4.78 is 12.9. The molecule has 108 valence electrons. The molecule has 0 spiro atoms. The van der Waals surface area contributed by atoms with Gasteiger partial charge in [-0.15, -0.1) is 0 Å². The van der Waals surface area contributed by atoms with Crippen LogP contribution in [0.2, 0.25) is 0 Å². The summed E-state index contributed by atoms with van der Waals surface area (Å²) in [5, 5.41) is 11.8. The maximum atomic E-state index is 12.3. The molecule has 6 nitrogen and oxygen atoms in total. The number of hydrogen-bond donors (Lipinski definition) is 2. The number of carbonyl (C=O) groups excluding carboxylic acids is 1. The first-order valence-corrected chi connectivity index (χ1v) is 8.04. The number of amides is 2. The van der Waals surface area contributed by atoms with Gasteiger partial charge in [-0.05, 0) is 18.2 Å². The number of rotatable bonds is 5. The summed E-state index contributed by atoms with van der Waals surface area (Å²) in [6.07, 6.45) is 0. The Bertz CT molecular complexity index is 579. The predicted octanol–water partition coefficient (Wildman–Crippen LogP) is 1.28. The third kappa shape index (κ3) is 3.37. The van der Waals surface area contributed by atoms with E-state index < -0.39 is 16.8 Å². The quantitative estimate of drug-likeness (QED) is 0.827. The van der Waals surface area contributed by atoms with Gasteiger partial charge in [0.1, 0.15) is 0 Å². The molecule has 0 saturated carbocycles. The Morgan fingerprint density at radius 3 is 2.85 bits per heavy atom. The van der Waals surface area contributed by atoms with Gasteiger partial charge in [-0.3, -0.25) is 4.21 Å². The van der Waals surface area contributed by atoms with Crippen molar-refractivity contribution in [1.82, 2.24) is 10.2 Å². The van der Waals surface area contributed by atoms with Gasteiger partial charge in [0.05, 0.1) is 21.3 Å².